The van der Waals surface area contributed by atoms with Crippen molar-refractivity contribution in [1.29, 1.82) is 0 Å². The smallest absolute Gasteiger partial charge is 0.310 e. The maximum atomic E-state index is 13.0. The van der Waals surface area contributed by atoms with Gasteiger partial charge < -0.3 is 15.0 Å². The monoisotopic (exact) mass is 373 g/mol. The number of hydrogen-bond donors (Lipinski definition) is 1. The number of benzene rings is 1. The van der Waals surface area contributed by atoms with E-state index in [9.17, 15) is 9.59 Å². The second-order valence-electron chi connectivity index (χ2n) is 7.54. The molecule has 3 unspecified atom stereocenters. The SMILES string of the molecule is CCOC(=O)C1CCCN(C(=O)C(C)N2CCC(Nc3ccccc3)C2)C1. The second kappa shape index (κ2) is 9.22. The highest BCUT2D eigenvalue weighted by molar-refractivity contribution is 5.82. The number of hydrogen-bond acceptors (Lipinski definition) is 5. The lowest BCUT2D eigenvalue weighted by Gasteiger charge is -2.35. The normalized spacial score (nSPS) is 24.4. The molecule has 6 heteroatoms. The second-order valence-corrected chi connectivity index (χ2v) is 7.54. The molecule has 0 aliphatic carbocycles. The number of piperidine rings is 1. The van der Waals surface area contributed by atoms with E-state index in [0.29, 0.717) is 19.2 Å². The Morgan fingerprint density at radius 2 is 1.96 bits per heavy atom. The van der Waals surface area contributed by atoms with Gasteiger partial charge in [0.05, 0.1) is 18.6 Å². The molecule has 1 aromatic rings. The summed E-state index contributed by atoms with van der Waals surface area (Å²) < 4.78 is 5.14. The first-order valence-corrected chi connectivity index (χ1v) is 10.1. The number of ether oxygens (including phenoxy) is 1. The molecule has 2 heterocycles. The molecule has 2 aliphatic heterocycles. The van der Waals surface area contributed by atoms with Crippen LogP contribution < -0.4 is 5.32 Å². The zero-order chi connectivity index (χ0) is 19.2. The highest BCUT2D eigenvalue weighted by Gasteiger charge is 2.35. The summed E-state index contributed by atoms with van der Waals surface area (Å²) in [6.45, 7) is 7.19. The number of carbonyl (C=O) groups is 2. The van der Waals surface area contributed by atoms with Crippen molar-refractivity contribution in [2.75, 3.05) is 38.1 Å². The van der Waals surface area contributed by atoms with Crippen LogP contribution in [0.15, 0.2) is 30.3 Å². The third kappa shape index (κ3) is 5.01. The Bertz CT molecular complexity index is 637. The van der Waals surface area contributed by atoms with Crippen molar-refractivity contribution in [2.45, 2.75) is 45.2 Å². The van der Waals surface area contributed by atoms with Crippen LogP contribution in [0, 0.1) is 5.92 Å². The summed E-state index contributed by atoms with van der Waals surface area (Å²) in [7, 11) is 0. The van der Waals surface area contributed by atoms with Crippen molar-refractivity contribution in [3.8, 4) is 0 Å². The molecule has 0 radical (unpaired) electrons. The summed E-state index contributed by atoms with van der Waals surface area (Å²) in [6, 6.07) is 10.4. The number of esters is 1. The Labute approximate surface area is 161 Å². The molecule has 27 heavy (non-hydrogen) atoms. The van der Waals surface area contributed by atoms with Gasteiger partial charge in [0.25, 0.3) is 0 Å². The number of para-hydroxylation sites is 1. The molecule has 3 atom stereocenters. The molecule has 1 N–H and O–H groups in total. The molecule has 2 aliphatic rings. The topological polar surface area (TPSA) is 61.9 Å². The Kier molecular flexibility index (Phi) is 6.72. The van der Waals surface area contributed by atoms with Gasteiger partial charge in [-0.1, -0.05) is 18.2 Å². The van der Waals surface area contributed by atoms with Gasteiger partial charge in [0.2, 0.25) is 5.91 Å². The zero-order valence-electron chi connectivity index (χ0n) is 16.4. The summed E-state index contributed by atoms with van der Waals surface area (Å²) in [5.41, 5.74) is 1.12. The fourth-order valence-corrected chi connectivity index (χ4v) is 4.08. The maximum absolute atomic E-state index is 13.0. The van der Waals surface area contributed by atoms with Crippen LogP contribution in [-0.4, -0.2) is 66.5 Å². The van der Waals surface area contributed by atoms with Crippen molar-refractivity contribution in [3.63, 3.8) is 0 Å². The van der Waals surface area contributed by atoms with E-state index >= 15 is 0 Å². The molecular formula is C21H31N3O3. The van der Waals surface area contributed by atoms with Crippen molar-refractivity contribution in [2.24, 2.45) is 5.92 Å². The number of nitrogens with one attached hydrogen (secondary N) is 1. The van der Waals surface area contributed by atoms with Crippen LogP contribution in [0.25, 0.3) is 0 Å². The number of anilines is 1. The minimum atomic E-state index is -0.180. The molecule has 2 fully saturated rings. The molecule has 1 aromatic carbocycles. The van der Waals surface area contributed by atoms with Gasteiger partial charge >= 0.3 is 5.97 Å². The van der Waals surface area contributed by atoms with Crippen molar-refractivity contribution < 1.29 is 14.3 Å². The van der Waals surface area contributed by atoms with E-state index in [1.54, 1.807) is 0 Å². The predicted octanol–water partition coefficient (Wildman–Crippen LogP) is 2.36. The van der Waals surface area contributed by atoms with Crippen molar-refractivity contribution >= 4 is 17.6 Å². The Balaban J connectivity index is 1.52. The molecule has 0 bridgehead atoms. The summed E-state index contributed by atoms with van der Waals surface area (Å²) in [5.74, 6) is -0.221. The molecule has 0 aromatic heterocycles. The van der Waals surface area contributed by atoms with Crippen LogP contribution in [0.1, 0.15) is 33.1 Å². The molecule has 1 amide bonds. The highest BCUT2D eigenvalue weighted by Crippen LogP contribution is 2.22. The van der Waals surface area contributed by atoms with Gasteiger partial charge in [-0.05, 0) is 45.2 Å². The molecule has 2 saturated heterocycles. The van der Waals surface area contributed by atoms with Gasteiger partial charge in [-0.3, -0.25) is 14.5 Å². The first kappa shape index (κ1) is 19.7. The summed E-state index contributed by atoms with van der Waals surface area (Å²) in [4.78, 5) is 29.1. The van der Waals surface area contributed by atoms with Crippen LogP contribution in [0.3, 0.4) is 0 Å². The zero-order valence-corrected chi connectivity index (χ0v) is 16.4. The van der Waals surface area contributed by atoms with E-state index in [2.05, 4.69) is 22.3 Å². The minimum absolute atomic E-state index is 0.129. The van der Waals surface area contributed by atoms with E-state index in [0.717, 1.165) is 44.6 Å². The number of amides is 1. The molecule has 3 rings (SSSR count). The van der Waals surface area contributed by atoms with Gasteiger partial charge in [0, 0.05) is 37.9 Å². The third-order valence-electron chi connectivity index (χ3n) is 5.62. The first-order chi connectivity index (χ1) is 13.1. The largest absolute Gasteiger partial charge is 0.466 e. The first-order valence-electron chi connectivity index (χ1n) is 10.1. The van der Waals surface area contributed by atoms with Crippen LogP contribution in [0.2, 0.25) is 0 Å². The Morgan fingerprint density at radius 3 is 2.70 bits per heavy atom. The Hall–Kier alpha value is -2.08. The minimum Gasteiger partial charge on any atom is -0.466 e. The van der Waals surface area contributed by atoms with Gasteiger partial charge in [-0.2, -0.15) is 0 Å². The predicted molar refractivity (Wildman–Crippen MR) is 105 cm³/mol. The number of carbonyl (C=O) groups excluding carboxylic acids is 2. The van der Waals surface area contributed by atoms with Gasteiger partial charge in [-0.15, -0.1) is 0 Å². The quantitative estimate of drug-likeness (QED) is 0.776. The van der Waals surface area contributed by atoms with Crippen LogP contribution in [0.4, 0.5) is 5.69 Å². The standard InChI is InChI=1S/C21H31N3O3/c1-3-27-21(26)17-8-7-12-24(14-17)20(25)16(2)23-13-11-19(15-23)22-18-9-5-4-6-10-18/h4-6,9-10,16-17,19,22H,3,7-8,11-15H2,1-2H3. The number of rotatable bonds is 6. The molecule has 6 nitrogen and oxygen atoms in total. The average Bonchev–Trinajstić information content (AvgIpc) is 3.16. The highest BCUT2D eigenvalue weighted by atomic mass is 16.5. The van der Waals surface area contributed by atoms with Gasteiger partial charge in [-0.25, -0.2) is 0 Å². The van der Waals surface area contributed by atoms with E-state index < -0.39 is 0 Å². The van der Waals surface area contributed by atoms with Crippen LogP contribution in [0.5, 0.6) is 0 Å². The average molecular weight is 373 g/mol. The summed E-state index contributed by atoms with van der Waals surface area (Å²) in [5, 5.41) is 3.55. The summed E-state index contributed by atoms with van der Waals surface area (Å²) in [6.07, 6.45) is 2.70. The van der Waals surface area contributed by atoms with Crippen molar-refractivity contribution in [1.82, 2.24) is 9.80 Å². The molecular weight excluding hydrogens is 342 g/mol. The fraction of sp³-hybridized carbons (Fsp3) is 0.619. The Morgan fingerprint density at radius 1 is 1.19 bits per heavy atom. The molecule has 148 valence electrons. The molecule has 0 spiro atoms. The number of likely N-dealkylation sites (tertiary alicyclic amines) is 2. The lowest BCUT2D eigenvalue weighted by atomic mass is 9.97. The maximum Gasteiger partial charge on any atom is 0.310 e. The lowest BCUT2D eigenvalue weighted by Crippen LogP contribution is -2.51. The third-order valence-corrected chi connectivity index (χ3v) is 5.62. The molecule has 0 saturated carbocycles. The van der Waals surface area contributed by atoms with E-state index in [1.165, 1.54) is 0 Å². The van der Waals surface area contributed by atoms with Gasteiger partial charge in [0.1, 0.15) is 0 Å². The lowest BCUT2D eigenvalue weighted by molar-refractivity contribution is -0.152. The van der Waals surface area contributed by atoms with Gasteiger partial charge in [0.15, 0.2) is 0 Å². The van der Waals surface area contributed by atoms with E-state index in [1.807, 2.05) is 36.9 Å². The van der Waals surface area contributed by atoms with Crippen LogP contribution in [-0.2, 0) is 14.3 Å². The number of nitrogens with zero attached hydrogens (tertiary/aromatic N) is 2. The fourth-order valence-electron chi connectivity index (χ4n) is 4.08. The summed E-state index contributed by atoms with van der Waals surface area (Å²) >= 11 is 0. The van der Waals surface area contributed by atoms with E-state index in [-0.39, 0.29) is 23.8 Å². The van der Waals surface area contributed by atoms with Crippen LogP contribution >= 0.6 is 0 Å². The van der Waals surface area contributed by atoms with Crippen molar-refractivity contribution in [3.05, 3.63) is 30.3 Å². The van der Waals surface area contributed by atoms with E-state index in [4.69, 9.17) is 4.74 Å².